The molecule has 0 N–H and O–H groups in total. The molecule has 0 nitrogen and oxygen atoms in total. The van der Waals surface area contributed by atoms with Gasteiger partial charge in [0.15, 0.2) is 0 Å². The third-order valence-electron chi connectivity index (χ3n) is 11.7. The van der Waals surface area contributed by atoms with Crippen molar-refractivity contribution in [2.24, 2.45) is 23.7 Å². The van der Waals surface area contributed by atoms with Crippen LogP contribution >= 0.6 is 0 Å². The summed E-state index contributed by atoms with van der Waals surface area (Å²) in [6.45, 7) is 0. The molecular weight excluding hydrogens is 468 g/mol. The van der Waals surface area contributed by atoms with Crippen molar-refractivity contribution in [2.75, 3.05) is 0 Å². The Labute approximate surface area is 230 Å². The Kier molecular flexibility index (Phi) is 3.97. The third-order valence-corrected chi connectivity index (χ3v) is 11.7. The van der Waals surface area contributed by atoms with Crippen LogP contribution in [0.3, 0.4) is 0 Å². The first kappa shape index (κ1) is 21.2. The van der Waals surface area contributed by atoms with Gasteiger partial charge in [-0.2, -0.15) is 0 Å². The minimum Gasteiger partial charge on any atom is -0.0619 e. The van der Waals surface area contributed by atoms with Crippen LogP contribution in [0, 0.1) is 23.7 Å². The van der Waals surface area contributed by atoms with Crippen LogP contribution in [-0.2, 0) is 11.8 Å². The molecule has 6 aliphatic carbocycles. The van der Waals surface area contributed by atoms with Gasteiger partial charge in [0.2, 0.25) is 0 Å². The molecule has 6 aliphatic rings. The van der Waals surface area contributed by atoms with Gasteiger partial charge in [-0.25, -0.2) is 0 Å². The smallest absolute Gasteiger partial charge is 0.0271 e. The van der Waals surface area contributed by atoms with Gasteiger partial charge in [-0.15, -0.1) is 0 Å². The van der Waals surface area contributed by atoms with Crippen molar-refractivity contribution in [3.05, 3.63) is 119 Å². The molecule has 5 aromatic carbocycles. The molecule has 4 fully saturated rings. The van der Waals surface area contributed by atoms with Gasteiger partial charge in [0, 0.05) is 5.41 Å². The average Bonchev–Trinajstić information content (AvgIpc) is 3.49. The lowest BCUT2D eigenvalue weighted by molar-refractivity contribution is -0.0399. The first-order valence-corrected chi connectivity index (χ1v) is 15.2. The van der Waals surface area contributed by atoms with E-state index in [1.54, 1.807) is 11.1 Å². The SMILES string of the molecule is c1ccc2c(c1)-c1cc(-c3ccc4c(c3)-c3ccc5ccccc5c3C4)ccc1C21C2CC3CC(C2)CC1C3. The van der Waals surface area contributed by atoms with Crippen LogP contribution in [0.2, 0.25) is 0 Å². The van der Waals surface area contributed by atoms with Gasteiger partial charge >= 0.3 is 0 Å². The van der Waals surface area contributed by atoms with E-state index in [2.05, 4.69) is 97.1 Å². The molecule has 1 spiro atoms. The molecule has 4 bridgehead atoms. The zero-order chi connectivity index (χ0) is 25.3. The summed E-state index contributed by atoms with van der Waals surface area (Å²) < 4.78 is 0. The molecule has 39 heavy (non-hydrogen) atoms. The highest BCUT2D eigenvalue weighted by Crippen LogP contribution is 2.69. The molecule has 188 valence electrons. The summed E-state index contributed by atoms with van der Waals surface area (Å²) in [4.78, 5) is 0. The fourth-order valence-corrected chi connectivity index (χ4v) is 10.5. The summed E-state index contributed by atoms with van der Waals surface area (Å²) in [5.41, 5.74) is 15.1. The van der Waals surface area contributed by atoms with Gasteiger partial charge < -0.3 is 0 Å². The zero-order valence-corrected chi connectivity index (χ0v) is 22.3. The molecule has 0 atom stereocenters. The van der Waals surface area contributed by atoms with Gasteiger partial charge in [-0.1, -0.05) is 84.9 Å². The minimum atomic E-state index is 0.260. The second-order valence-corrected chi connectivity index (χ2v) is 13.3. The van der Waals surface area contributed by atoms with Crippen molar-refractivity contribution in [3.63, 3.8) is 0 Å². The Balaban J connectivity index is 1.13. The van der Waals surface area contributed by atoms with E-state index in [0.717, 1.165) is 30.1 Å². The molecule has 0 aliphatic heterocycles. The second kappa shape index (κ2) is 7.30. The van der Waals surface area contributed by atoms with E-state index in [0.29, 0.717) is 0 Å². The van der Waals surface area contributed by atoms with Crippen molar-refractivity contribution in [1.82, 2.24) is 0 Å². The topological polar surface area (TPSA) is 0 Å². The van der Waals surface area contributed by atoms with E-state index in [1.165, 1.54) is 87.4 Å². The summed E-state index contributed by atoms with van der Waals surface area (Å²) >= 11 is 0. The Morgan fingerprint density at radius 3 is 2.05 bits per heavy atom. The number of hydrogen-bond acceptors (Lipinski definition) is 0. The Morgan fingerprint density at radius 2 is 1.21 bits per heavy atom. The van der Waals surface area contributed by atoms with Crippen molar-refractivity contribution in [1.29, 1.82) is 0 Å². The predicted molar refractivity (Wildman–Crippen MR) is 161 cm³/mol. The molecule has 0 heteroatoms. The summed E-state index contributed by atoms with van der Waals surface area (Å²) in [5, 5.41) is 2.75. The van der Waals surface area contributed by atoms with E-state index in [9.17, 15) is 0 Å². The molecule has 0 radical (unpaired) electrons. The average molecular weight is 501 g/mol. The molecule has 0 aromatic heterocycles. The minimum absolute atomic E-state index is 0.260. The summed E-state index contributed by atoms with van der Waals surface area (Å²) in [5.74, 6) is 3.63. The van der Waals surface area contributed by atoms with Crippen molar-refractivity contribution in [2.45, 2.75) is 43.9 Å². The molecule has 0 unspecified atom stereocenters. The first-order valence-electron chi connectivity index (χ1n) is 15.2. The Morgan fingerprint density at radius 1 is 0.513 bits per heavy atom. The summed E-state index contributed by atoms with van der Waals surface area (Å²) in [6, 6.07) is 37.8. The fraction of sp³-hybridized carbons (Fsp3) is 0.282. The highest BCUT2D eigenvalue weighted by Gasteiger charge is 2.61. The van der Waals surface area contributed by atoms with Crippen LogP contribution in [0.4, 0.5) is 0 Å². The van der Waals surface area contributed by atoms with E-state index in [-0.39, 0.29) is 5.41 Å². The van der Waals surface area contributed by atoms with Crippen molar-refractivity contribution >= 4 is 10.8 Å². The first-order chi connectivity index (χ1) is 19.3. The third kappa shape index (κ3) is 2.61. The van der Waals surface area contributed by atoms with Crippen molar-refractivity contribution in [3.8, 4) is 33.4 Å². The largest absolute Gasteiger partial charge is 0.0619 e. The van der Waals surface area contributed by atoms with Gasteiger partial charge in [0.25, 0.3) is 0 Å². The van der Waals surface area contributed by atoms with E-state index in [1.807, 2.05) is 0 Å². The monoisotopic (exact) mass is 500 g/mol. The second-order valence-electron chi connectivity index (χ2n) is 13.3. The van der Waals surface area contributed by atoms with E-state index < -0.39 is 0 Å². The number of benzene rings is 5. The molecule has 5 aromatic rings. The predicted octanol–water partition coefficient (Wildman–Crippen LogP) is 9.80. The standard InChI is InChI=1S/C39H32/c1-2-6-31-25(5-1)11-13-32-34-20-26(9-10-28(34)22-35(31)32)27-12-14-38-36(21-27)33-7-3-4-8-37(33)39(38)29-16-23-15-24(18-29)19-30(39)17-23/h1-14,20-21,23-24,29-30H,15-19,22H2. The van der Waals surface area contributed by atoms with Gasteiger partial charge in [0.05, 0.1) is 0 Å². The van der Waals surface area contributed by atoms with E-state index >= 15 is 0 Å². The Hall–Kier alpha value is -3.64. The zero-order valence-electron chi connectivity index (χ0n) is 22.3. The lowest BCUT2D eigenvalue weighted by Crippen LogP contribution is -2.55. The molecule has 4 saturated carbocycles. The normalized spacial score (nSPS) is 28.5. The number of hydrogen-bond donors (Lipinski definition) is 0. The molecular formula is C39H32. The van der Waals surface area contributed by atoms with Crippen LogP contribution in [0.1, 0.15) is 54.4 Å². The van der Waals surface area contributed by atoms with Gasteiger partial charge in [-0.05, 0) is 141 Å². The highest BCUT2D eigenvalue weighted by molar-refractivity contribution is 5.96. The maximum Gasteiger partial charge on any atom is 0.0271 e. The van der Waals surface area contributed by atoms with Crippen LogP contribution in [-0.4, -0.2) is 0 Å². The van der Waals surface area contributed by atoms with Crippen LogP contribution in [0.25, 0.3) is 44.2 Å². The van der Waals surface area contributed by atoms with Crippen LogP contribution in [0.15, 0.2) is 97.1 Å². The molecule has 0 heterocycles. The Bertz CT molecular complexity index is 1820. The van der Waals surface area contributed by atoms with Crippen LogP contribution in [0.5, 0.6) is 0 Å². The van der Waals surface area contributed by atoms with E-state index in [4.69, 9.17) is 0 Å². The van der Waals surface area contributed by atoms with Gasteiger partial charge in [-0.3, -0.25) is 0 Å². The fourth-order valence-electron chi connectivity index (χ4n) is 10.5. The number of rotatable bonds is 1. The molecule has 0 amide bonds. The number of fused-ring (bicyclic) bond motifs is 8. The molecule has 0 saturated heterocycles. The lowest BCUT2D eigenvalue weighted by Gasteiger charge is -2.61. The van der Waals surface area contributed by atoms with Crippen molar-refractivity contribution < 1.29 is 0 Å². The lowest BCUT2D eigenvalue weighted by atomic mass is 9.43. The highest BCUT2D eigenvalue weighted by atomic mass is 14.6. The van der Waals surface area contributed by atoms with Gasteiger partial charge in [0.1, 0.15) is 0 Å². The molecule has 11 rings (SSSR count). The van der Waals surface area contributed by atoms with Crippen LogP contribution < -0.4 is 0 Å². The summed E-state index contributed by atoms with van der Waals surface area (Å²) in [6.07, 6.45) is 8.33. The maximum atomic E-state index is 2.56. The maximum absolute atomic E-state index is 2.56. The quantitative estimate of drug-likeness (QED) is 0.211. The summed E-state index contributed by atoms with van der Waals surface area (Å²) in [7, 11) is 0.